The van der Waals surface area contributed by atoms with Crippen molar-refractivity contribution in [3.8, 4) is 5.75 Å². The number of aliphatic carboxylic acids is 1. The highest BCUT2D eigenvalue weighted by Gasteiger charge is 1.99. The molecule has 0 heterocycles. The number of thiocarbonyl (C=S) groups is 1. The first kappa shape index (κ1) is 17.4. The Labute approximate surface area is 145 Å². The molecule has 124 valence electrons. The predicted molar refractivity (Wildman–Crippen MR) is 95.1 cm³/mol. The maximum atomic E-state index is 10.3. The Morgan fingerprint density at radius 1 is 1.25 bits per heavy atom. The summed E-state index contributed by atoms with van der Waals surface area (Å²) in [7, 11) is 0. The van der Waals surface area contributed by atoms with Gasteiger partial charge in [-0.2, -0.15) is 5.10 Å². The van der Waals surface area contributed by atoms with Crippen molar-refractivity contribution in [2.75, 3.05) is 11.9 Å². The van der Waals surface area contributed by atoms with E-state index < -0.39 is 12.6 Å². The number of para-hydroxylation sites is 1. The Bertz CT molecular complexity index is 745. The number of carboxylic acid groups (broad SMARTS) is 1. The minimum Gasteiger partial charge on any atom is -0.546 e. The highest BCUT2D eigenvalue weighted by Crippen LogP contribution is 2.13. The van der Waals surface area contributed by atoms with Crippen molar-refractivity contribution < 1.29 is 14.6 Å². The summed E-state index contributed by atoms with van der Waals surface area (Å²) in [6.07, 6.45) is 1.59. The van der Waals surface area contributed by atoms with E-state index in [2.05, 4.69) is 15.8 Å². The average molecular weight is 342 g/mol. The number of nitrogens with zero attached hydrogens (tertiary/aromatic N) is 1. The van der Waals surface area contributed by atoms with Gasteiger partial charge in [0.1, 0.15) is 12.4 Å². The molecule has 6 nitrogen and oxygen atoms in total. The van der Waals surface area contributed by atoms with Gasteiger partial charge in [-0.25, -0.2) is 0 Å². The largest absolute Gasteiger partial charge is 0.546 e. The second-order valence-electron chi connectivity index (χ2n) is 4.87. The van der Waals surface area contributed by atoms with Crippen LogP contribution in [0.3, 0.4) is 0 Å². The van der Waals surface area contributed by atoms with Crippen molar-refractivity contribution in [2.24, 2.45) is 5.10 Å². The Balaban J connectivity index is 1.84. The lowest BCUT2D eigenvalue weighted by Crippen LogP contribution is -2.28. The molecule has 0 saturated carbocycles. The second-order valence-corrected chi connectivity index (χ2v) is 5.28. The molecule has 0 fully saturated rings. The average Bonchev–Trinajstić information content (AvgIpc) is 2.56. The minimum atomic E-state index is -1.26. The third-order valence-electron chi connectivity index (χ3n) is 3.01. The molecule has 7 heteroatoms. The Morgan fingerprint density at radius 3 is 2.62 bits per heavy atom. The highest BCUT2D eigenvalue weighted by atomic mass is 32.1. The van der Waals surface area contributed by atoms with Gasteiger partial charge in [0.15, 0.2) is 5.11 Å². The van der Waals surface area contributed by atoms with Gasteiger partial charge in [0, 0.05) is 5.69 Å². The number of carbonyl (C=O) groups excluding carboxylic acids is 1. The Morgan fingerprint density at radius 2 is 1.96 bits per heavy atom. The van der Waals surface area contributed by atoms with Crippen LogP contribution in [0.1, 0.15) is 11.1 Å². The Kier molecular flexibility index (Phi) is 6.27. The van der Waals surface area contributed by atoms with Crippen molar-refractivity contribution in [3.63, 3.8) is 0 Å². The third kappa shape index (κ3) is 5.69. The molecule has 0 aliphatic rings. The number of carbonyl (C=O) groups is 1. The van der Waals surface area contributed by atoms with E-state index >= 15 is 0 Å². The van der Waals surface area contributed by atoms with Crippen LogP contribution in [0.2, 0.25) is 0 Å². The van der Waals surface area contributed by atoms with E-state index in [1.807, 2.05) is 31.2 Å². The summed E-state index contributed by atoms with van der Waals surface area (Å²) in [5.74, 6) is -0.819. The first-order valence-electron chi connectivity index (χ1n) is 7.13. The summed E-state index contributed by atoms with van der Waals surface area (Å²) in [6.45, 7) is 1.51. The lowest BCUT2D eigenvalue weighted by molar-refractivity contribution is -0.307. The molecule has 2 aromatic rings. The first-order valence-corrected chi connectivity index (χ1v) is 7.54. The van der Waals surface area contributed by atoms with Crippen LogP contribution in [-0.4, -0.2) is 23.9 Å². The number of rotatable bonds is 6. The van der Waals surface area contributed by atoms with Crippen LogP contribution in [0.15, 0.2) is 53.6 Å². The van der Waals surface area contributed by atoms with Crippen LogP contribution >= 0.6 is 12.2 Å². The molecule has 0 unspecified atom stereocenters. The van der Waals surface area contributed by atoms with Crippen LogP contribution in [0, 0.1) is 6.92 Å². The molecular weight excluding hydrogens is 326 g/mol. The van der Waals surface area contributed by atoms with Gasteiger partial charge in [0.05, 0.1) is 12.2 Å². The summed E-state index contributed by atoms with van der Waals surface area (Å²) < 4.78 is 4.99. The van der Waals surface area contributed by atoms with E-state index in [1.54, 1.807) is 30.5 Å². The minimum absolute atomic E-state index is 0.384. The van der Waals surface area contributed by atoms with E-state index in [-0.39, 0.29) is 0 Å². The zero-order chi connectivity index (χ0) is 17.4. The van der Waals surface area contributed by atoms with Crippen molar-refractivity contribution in [1.82, 2.24) is 5.43 Å². The molecule has 0 amide bonds. The van der Waals surface area contributed by atoms with Crippen LogP contribution in [-0.2, 0) is 4.79 Å². The molecule has 0 radical (unpaired) electrons. The number of carboxylic acids is 1. The molecule has 0 aliphatic heterocycles. The number of aryl methyl sites for hydroxylation is 1. The quantitative estimate of drug-likeness (QED) is 0.469. The molecule has 2 N–H and O–H groups in total. The van der Waals surface area contributed by atoms with E-state index in [9.17, 15) is 9.90 Å². The maximum absolute atomic E-state index is 10.3. The monoisotopic (exact) mass is 342 g/mol. The molecule has 0 saturated heterocycles. The zero-order valence-corrected chi connectivity index (χ0v) is 13.8. The Hall–Kier alpha value is -2.93. The predicted octanol–water partition coefficient (Wildman–Crippen LogP) is 1.44. The fourth-order valence-corrected chi connectivity index (χ4v) is 1.98. The molecule has 2 aromatic carbocycles. The van der Waals surface area contributed by atoms with Gasteiger partial charge >= 0.3 is 0 Å². The molecule has 0 aromatic heterocycles. The number of anilines is 1. The zero-order valence-electron chi connectivity index (χ0n) is 13.0. The SMILES string of the molecule is Cc1ccccc1NC(=S)N/N=C\c1ccc(OCC(=O)[O-])cc1. The van der Waals surface area contributed by atoms with Gasteiger partial charge in [-0.3, -0.25) is 5.43 Å². The number of hydrogen-bond acceptors (Lipinski definition) is 5. The van der Waals surface area contributed by atoms with E-state index in [0.29, 0.717) is 10.9 Å². The lowest BCUT2D eigenvalue weighted by atomic mass is 10.2. The molecular formula is C17H16N3O3S-. The summed E-state index contributed by atoms with van der Waals surface area (Å²) in [4.78, 5) is 10.3. The van der Waals surface area contributed by atoms with Crippen molar-refractivity contribution in [1.29, 1.82) is 0 Å². The number of hydrazone groups is 1. The standard InChI is InChI=1S/C17H17N3O3S/c1-12-4-2-3-5-15(12)19-17(24)20-18-10-13-6-8-14(9-7-13)23-11-16(21)22/h2-10H,11H2,1H3,(H,21,22)(H2,19,20,24)/p-1/b18-10-. The topological polar surface area (TPSA) is 85.8 Å². The normalized spacial score (nSPS) is 10.4. The van der Waals surface area contributed by atoms with Gasteiger partial charge < -0.3 is 20.0 Å². The van der Waals surface area contributed by atoms with Gasteiger partial charge in [-0.1, -0.05) is 18.2 Å². The van der Waals surface area contributed by atoms with E-state index in [0.717, 1.165) is 16.8 Å². The second kappa shape index (κ2) is 8.64. The molecule has 0 atom stereocenters. The van der Waals surface area contributed by atoms with Crippen molar-refractivity contribution in [3.05, 3.63) is 59.7 Å². The molecule has 24 heavy (non-hydrogen) atoms. The molecule has 0 aliphatic carbocycles. The van der Waals surface area contributed by atoms with Crippen molar-refractivity contribution in [2.45, 2.75) is 6.92 Å². The fourth-order valence-electron chi connectivity index (χ4n) is 1.82. The maximum Gasteiger partial charge on any atom is 0.191 e. The van der Waals surface area contributed by atoms with Gasteiger partial charge in [0.2, 0.25) is 0 Å². The number of benzene rings is 2. The van der Waals surface area contributed by atoms with Crippen molar-refractivity contribution >= 4 is 35.2 Å². The summed E-state index contributed by atoms with van der Waals surface area (Å²) >= 11 is 5.17. The molecule has 0 spiro atoms. The number of nitrogens with one attached hydrogen (secondary N) is 2. The van der Waals surface area contributed by atoms with Gasteiger partial charge in [0.25, 0.3) is 0 Å². The summed E-state index contributed by atoms with van der Waals surface area (Å²) in [6, 6.07) is 14.6. The summed E-state index contributed by atoms with van der Waals surface area (Å²) in [5.41, 5.74) is 5.54. The van der Waals surface area contributed by atoms with E-state index in [1.165, 1.54) is 0 Å². The molecule has 0 bridgehead atoms. The summed E-state index contributed by atoms with van der Waals surface area (Å²) in [5, 5.41) is 17.8. The smallest absolute Gasteiger partial charge is 0.191 e. The van der Waals surface area contributed by atoms with Crippen LogP contribution in [0.25, 0.3) is 0 Å². The fraction of sp³-hybridized carbons (Fsp3) is 0.118. The van der Waals surface area contributed by atoms with Gasteiger partial charge in [-0.05, 0) is 60.6 Å². The van der Waals surface area contributed by atoms with Crippen LogP contribution in [0.5, 0.6) is 5.75 Å². The van der Waals surface area contributed by atoms with Crippen LogP contribution in [0.4, 0.5) is 5.69 Å². The van der Waals surface area contributed by atoms with Gasteiger partial charge in [-0.15, -0.1) is 0 Å². The van der Waals surface area contributed by atoms with E-state index in [4.69, 9.17) is 17.0 Å². The number of hydrogen-bond donors (Lipinski definition) is 2. The first-order chi connectivity index (χ1) is 11.5. The molecule has 2 rings (SSSR count). The highest BCUT2D eigenvalue weighted by molar-refractivity contribution is 7.80. The van der Waals surface area contributed by atoms with Crippen LogP contribution < -0.4 is 20.6 Å². The number of ether oxygens (including phenoxy) is 1. The third-order valence-corrected chi connectivity index (χ3v) is 3.20. The lowest BCUT2D eigenvalue weighted by Gasteiger charge is -2.09.